The van der Waals surface area contributed by atoms with E-state index in [-0.39, 0.29) is 0 Å². The van der Waals surface area contributed by atoms with Crippen LogP contribution >= 0.6 is 0 Å². The van der Waals surface area contributed by atoms with E-state index in [0.717, 1.165) is 30.3 Å². The lowest BCUT2D eigenvalue weighted by Crippen LogP contribution is -2.35. The lowest BCUT2D eigenvalue weighted by Gasteiger charge is -2.43. The van der Waals surface area contributed by atoms with E-state index in [1.54, 1.807) is 0 Å². The maximum Gasteiger partial charge on any atom is 0.0493 e. The lowest BCUT2D eigenvalue weighted by molar-refractivity contribution is 0.0286. The van der Waals surface area contributed by atoms with Crippen LogP contribution in [0.15, 0.2) is 0 Å². The molecule has 0 spiro atoms. The Morgan fingerprint density at radius 2 is 2.00 bits per heavy atom. The largest absolute Gasteiger partial charge is 0.384 e. The molecule has 1 heteroatoms. The van der Waals surface area contributed by atoms with Crippen molar-refractivity contribution in [1.29, 1.82) is 0 Å². The first-order chi connectivity index (χ1) is 6.81. The minimum Gasteiger partial charge on any atom is -0.384 e. The molecular formula is C13H24O. The Kier molecular flexibility index (Phi) is 3.48. The Morgan fingerprint density at radius 3 is 2.79 bits per heavy atom. The number of rotatable bonds is 2. The molecule has 2 aliphatic carbocycles. The highest BCUT2D eigenvalue weighted by molar-refractivity contribution is 4.86. The number of hydrogen-bond acceptors (Lipinski definition) is 1. The molecule has 82 valence electrons. The Labute approximate surface area is 88.2 Å². The average molecular weight is 196 g/mol. The molecule has 2 saturated carbocycles. The Bertz CT molecular complexity index is 169. The molecule has 0 aromatic rings. The van der Waals surface area contributed by atoms with Gasteiger partial charge in [-0.25, -0.2) is 0 Å². The molecular weight excluding hydrogens is 172 g/mol. The number of methoxy groups -OCH3 is 1. The monoisotopic (exact) mass is 196 g/mol. The van der Waals surface area contributed by atoms with Crippen LogP contribution in [0.2, 0.25) is 0 Å². The standard InChI is InChI=1S/C13H24O/c1-10-6-7-13-11(8-10)4-3-5-12(13)9-14-2/h10-13H,3-9H2,1-2H3. The molecule has 1 nitrogen and oxygen atoms in total. The molecule has 0 N–H and O–H groups in total. The van der Waals surface area contributed by atoms with Crippen molar-refractivity contribution in [2.24, 2.45) is 23.7 Å². The number of hydrogen-bond donors (Lipinski definition) is 0. The van der Waals surface area contributed by atoms with E-state index in [2.05, 4.69) is 6.92 Å². The molecule has 0 aromatic heterocycles. The SMILES string of the molecule is COCC1CCCC2CC(C)CCC12. The van der Waals surface area contributed by atoms with Crippen LogP contribution in [0.3, 0.4) is 0 Å². The molecule has 0 saturated heterocycles. The van der Waals surface area contributed by atoms with Gasteiger partial charge in [-0.05, 0) is 42.9 Å². The Balaban J connectivity index is 1.95. The first-order valence-electron chi connectivity index (χ1n) is 6.30. The summed E-state index contributed by atoms with van der Waals surface area (Å²) in [6.07, 6.45) is 8.78. The molecule has 0 bridgehead atoms. The van der Waals surface area contributed by atoms with Crippen LogP contribution in [-0.4, -0.2) is 13.7 Å². The molecule has 2 aliphatic rings. The molecule has 4 atom stereocenters. The van der Waals surface area contributed by atoms with Crippen LogP contribution in [-0.2, 0) is 4.74 Å². The van der Waals surface area contributed by atoms with Gasteiger partial charge in [0.05, 0.1) is 0 Å². The van der Waals surface area contributed by atoms with Gasteiger partial charge in [-0.15, -0.1) is 0 Å². The maximum absolute atomic E-state index is 5.36. The van der Waals surface area contributed by atoms with E-state index < -0.39 is 0 Å². The van der Waals surface area contributed by atoms with E-state index >= 15 is 0 Å². The first kappa shape index (κ1) is 10.5. The van der Waals surface area contributed by atoms with Gasteiger partial charge in [0.1, 0.15) is 0 Å². The lowest BCUT2D eigenvalue weighted by atomic mass is 9.63. The summed E-state index contributed by atoms with van der Waals surface area (Å²) in [4.78, 5) is 0. The van der Waals surface area contributed by atoms with Gasteiger partial charge in [-0.1, -0.05) is 26.2 Å². The molecule has 2 rings (SSSR count). The van der Waals surface area contributed by atoms with Crippen LogP contribution in [0.1, 0.15) is 45.4 Å². The second-order valence-electron chi connectivity index (χ2n) is 5.49. The van der Waals surface area contributed by atoms with E-state index in [4.69, 9.17) is 4.74 Å². The zero-order valence-corrected chi connectivity index (χ0v) is 9.67. The third kappa shape index (κ3) is 2.13. The van der Waals surface area contributed by atoms with Crippen molar-refractivity contribution >= 4 is 0 Å². The van der Waals surface area contributed by atoms with Crippen molar-refractivity contribution in [1.82, 2.24) is 0 Å². The van der Waals surface area contributed by atoms with Crippen molar-refractivity contribution in [3.05, 3.63) is 0 Å². The first-order valence-corrected chi connectivity index (χ1v) is 6.30. The highest BCUT2D eigenvalue weighted by Gasteiger charge is 2.36. The van der Waals surface area contributed by atoms with Crippen LogP contribution in [0, 0.1) is 23.7 Å². The summed E-state index contributed by atoms with van der Waals surface area (Å²) in [6, 6.07) is 0. The molecule has 0 radical (unpaired) electrons. The molecule has 0 aliphatic heterocycles. The summed E-state index contributed by atoms with van der Waals surface area (Å²) in [5, 5.41) is 0. The van der Waals surface area contributed by atoms with Crippen LogP contribution in [0.4, 0.5) is 0 Å². The quantitative estimate of drug-likeness (QED) is 0.657. The van der Waals surface area contributed by atoms with Crippen LogP contribution in [0.5, 0.6) is 0 Å². The fourth-order valence-corrected chi connectivity index (χ4v) is 3.75. The second kappa shape index (κ2) is 4.65. The van der Waals surface area contributed by atoms with Gasteiger partial charge in [0.15, 0.2) is 0 Å². The predicted octanol–water partition coefficient (Wildman–Crippen LogP) is 3.49. The molecule has 14 heavy (non-hydrogen) atoms. The number of ether oxygens (including phenoxy) is 1. The Morgan fingerprint density at radius 1 is 1.14 bits per heavy atom. The van der Waals surface area contributed by atoms with Gasteiger partial charge < -0.3 is 4.74 Å². The van der Waals surface area contributed by atoms with Gasteiger partial charge in [0.25, 0.3) is 0 Å². The molecule has 4 unspecified atom stereocenters. The van der Waals surface area contributed by atoms with Gasteiger partial charge >= 0.3 is 0 Å². The summed E-state index contributed by atoms with van der Waals surface area (Å²) < 4.78 is 5.36. The summed E-state index contributed by atoms with van der Waals surface area (Å²) >= 11 is 0. The molecule has 0 aromatic carbocycles. The van der Waals surface area contributed by atoms with Crippen molar-refractivity contribution in [2.45, 2.75) is 45.4 Å². The van der Waals surface area contributed by atoms with Gasteiger partial charge in [-0.2, -0.15) is 0 Å². The van der Waals surface area contributed by atoms with E-state index in [1.807, 2.05) is 7.11 Å². The minimum atomic E-state index is 0.881. The third-order valence-electron chi connectivity index (χ3n) is 4.44. The van der Waals surface area contributed by atoms with Gasteiger partial charge in [-0.3, -0.25) is 0 Å². The fraction of sp³-hybridized carbons (Fsp3) is 1.00. The Hall–Kier alpha value is -0.0400. The smallest absolute Gasteiger partial charge is 0.0493 e. The topological polar surface area (TPSA) is 9.23 Å². The van der Waals surface area contributed by atoms with Gasteiger partial charge in [0, 0.05) is 13.7 Å². The van der Waals surface area contributed by atoms with Crippen LogP contribution < -0.4 is 0 Å². The zero-order chi connectivity index (χ0) is 9.97. The zero-order valence-electron chi connectivity index (χ0n) is 9.67. The molecule has 0 heterocycles. The van der Waals surface area contributed by atoms with Crippen molar-refractivity contribution in [3.8, 4) is 0 Å². The second-order valence-corrected chi connectivity index (χ2v) is 5.49. The van der Waals surface area contributed by atoms with E-state index in [9.17, 15) is 0 Å². The van der Waals surface area contributed by atoms with Crippen LogP contribution in [0.25, 0.3) is 0 Å². The molecule has 0 amide bonds. The van der Waals surface area contributed by atoms with Gasteiger partial charge in [0.2, 0.25) is 0 Å². The normalized spacial score (nSPS) is 43.3. The maximum atomic E-state index is 5.36. The van der Waals surface area contributed by atoms with E-state index in [0.29, 0.717) is 0 Å². The summed E-state index contributed by atoms with van der Waals surface area (Å²) in [5.74, 6) is 3.90. The van der Waals surface area contributed by atoms with Crippen molar-refractivity contribution in [3.63, 3.8) is 0 Å². The van der Waals surface area contributed by atoms with Crippen molar-refractivity contribution < 1.29 is 4.74 Å². The average Bonchev–Trinajstić information content (AvgIpc) is 2.18. The fourth-order valence-electron chi connectivity index (χ4n) is 3.75. The summed E-state index contributed by atoms with van der Waals surface area (Å²) in [5.41, 5.74) is 0. The summed E-state index contributed by atoms with van der Waals surface area (Å²) in [6.45, 7) is 3.44. The third-order valence-corrected chi connectivity index (χ3v) is 4.44. The van der Waals surface area contributed by atoms with E-state index in [1.165, 1.54) is 38.5 Å². The molecule has 2 fully saturated rings. The highest BCUT2D eigenvalue weighted by atomic mass is 16.5. The minimum absolute atomic E-state index is 0.881. The highest BCUT2D eigenvalue weighted by Crippen LogP contribution is 2.45. The predicted molar refractivity (Wildman–Crippen MR) is 59.2 cm³/mol. The van der Waals surface area contributed by atoms with Crippen molar-refractivity contribution in [2.75, 3.05) is 13.7 Å². The summed E-state index contributed by atoms with van der Waals surface area (Å²) in [7, 11) is 1.86. The number of fused-ring (bicyclic) bond motifs is 1.